The minimum atomic E-state index is -0.447. The van der Waals surface area contributed by atoms with Gasteiger partial charge in [0.2, 0.25) is 0 Å². The van der Waals surface area contributed by atoms with E-state index in [1.165, 1.54) is 69.9 Å². The van der Waals surface area contributed by atoms with E-state index >= 15 is 0 Å². The molecule has 0 aliphatic rings. The van der Waals surface area contributed by atoms with Crippen LogP contribution >= 0.6 is 11.3 Å². The summed E-state index contributed by atoms with van der Waals surface area (Å²) in [6.07, 6.45) is 0.835. The molecular formula is C44H31NS. The van der Waals surface area contributed by atoms with Crippen LogP contribution in [0.5, 0.6) is 0 Å². The van der Waals surface area contributed by atoms with E-state index in [0.29, 0.717) is 0 Å². The zero-order valence-corrected chi connectivity index (χ0v) is 26.1. The number of aromatic nitrogens is 1. The molecule has 0 spiro atoms. The average Bonchev–Trinajstić information content (AvgIpc) is 3.68. The Morgan fingerprint density at radius 1 is 0.457 bits per heavy atom. The normalized spacial score (nSPS) is 13.0. The number of thiophene rings is 1. The fourth-order valence-corrected chi connectivity index (χ4v) is 8.89. The van der Waals surface area contributed by atoms with E-state index in [2.05, 4.69) is 180 Å². The van der Waals surface area contributed by atoms with Gasteiger partial charge < -0.3 is 4.57 Å². The minimum Gasteiger partial charge on any atom is -0.309 e. The van der Waals surface area contributed by atoms with Crippen molar-refractivity contribution in [3.8, 4) is 5.69 Å². The predicted molar refractivity (Wildman–Crippen MR) is 197 cm³/mol. The standard InChI is InChI=1S/C44H31NS/c1-3-15-31(16-4-1)30-44(32-17-5-2-6-18-32,39-25-14-24-38-37-23-9-12-28-42(37)46-43(38)39)33-19-13-20-34(29-33)45-40-26-10-7-21-35(40)36-22-8-11-27-41(36)45/h1-29H,30H2. The van der Waals surface area contributed by atoms with Gasteiger partial charge in [-0.05, 0) is 59.0 Å². The molecule has 1 unspecified atom stereocenters. The Hall–Kier alpha value is -5.44. The maximum absolute atomic E-state index is 2.45. The number of nitrogens with zero attached hydrogens (tertiary/aromatic N) is 1. The summed E-state index contributed by atoms with van der Waals surface area (Å²) in [5.41, 5.74) is 8.41. The average molecular weight is 606 g/mol. The number of benzene rings is 7. The summed E-state index contributed by atoms with van der Waals surface area (Å²) in [7, 11) is 0. The van der Waals surface area contributed by atoms with Gasteiger partial charge in [-0.2, -0.15) is 0 Å². The molecule has 218 valence electrons. The van der Waals surface area contributed by atoms with E-state index in [-0.39, 0.29) is 0 Å². The van der Waals surface area contributed by atoms with Gasteiger partial charge in [0, 0.05) is 36.6 Å². The molecule has 1 nitrogen and oxygen atoms in total. The van der Waals surface area contributed by atoms with Gasteiger partial charge in [-0.25, -0.2) is 0 Å². The van der Waals surface area contributed by atoms with E-state index in [9.17, 15) is 0 Å². The molecule has 46 heavy (non-hydrogen) atoms. The second-order valence-electron chi connectivity index (χ2n) is 12.1. The quantitative estimate of drug-likeness (QED) is 0.166. The van der Waals surface area contributed by atoms with Crippen LogP contribution in [0.15, 0.2) is 176 Å². The van der Waals surface area contributed by atoms with Gasteiger partial charge >= 0.3 is 0 Å². The van der Waals surface area contributed by atoms with Crippen LogP contribution in [0.3, 0.4) is 0 Å². The fraction of sp³-hybridized carbons (Fsp3) is 0.0455. The van der Waals surface area contributed by atoms with Crippen molar-refractivity contribution in [3.05, 3.63) is 198 Å². The van der Waals surface area contributed by atoms with Gasteiger partial charge in [0.15, 0.2) is 0 Å². The minimum absolute atomic E-state index is 0.447. The first kappa shape index (κ1) is 26.9. The van der Waals surface area contributed by atoms with Crippen LogP contribution in [0.4, 0.5) is 0 Å². The lowest BCUT2D eigenvalue weighted by molar-refractivity contribution is 0.618. The second-order valence-corrected chi connectivity index (χ2v) is 13.2. The zero-order chi connectivity index (χ0) is 30.5. The Morgan fingerprint density at radius 2 is 1.02 bits per heavy atom. The molecule has 0 aliphatic carbocycles. The van der Waals surface area contributed by atoms with E-state index in [1.807, 2.05) is 11.3 Å². The van der Waals surface area contributed by atoms with Gasteiger partial charge in [0.05, 0.1) is 16.4 Å². The van der Waals surface area contributed by atoms with Gasteiger partial charge in [0.1, 0.15) is 0 Å². The van der Waals surface area contributed by atoms with Crippen LogP contribution in [0.1, 0.15) is 22.3 Å². The molecular weight excluding hydrogens is 575 g/mol. The van der Waals surface area contributed by atoms with E-state index in [1.54, 1.807) is 0 Å². The third-order valence-electron chi connectivity index (χ3n) is 9.62. The van der Waals surface area contributed by atoms with Gasteiger partial charge in [-0.15, -0.1) is 11.3 Å². The van der Waals surface area contributed by atoms with Gasteiger partial charge in [-0.3, -0.25) is 0 Å². The highest BCUT2D eigenvalue weighted by atomic mass is 32.1. The molecule has 0 N–H and O–H groups in total. The topological polar surface area (TPSA) is 4.93 Å². The highest BCUT2D eigenvalue weighted by Crippen LogP contribution is 2.48. The maximum atomic E-state index is 2.45. The summed E-state index contributed by atoms with van der Waals surface area (Å²) < 4.78 is 5.11. The highest BCUT2D eigenvalue weighted by Gasteiger charge is 2.39. The molecule has 7 aromatic carbocycles. The smallest absolute Gasteiger partial charge is 0.0541 e. The summed E-state index contributed by atoms with van der Waals surface area (Å²) in [6.45, 7) is 0. The van der Waals surface area contributed by atoms with Crippen LogP contribution in [-0.4, -0.2) is 4.57 Å². The lowest BCUT2D eigenvalue weighted by atomic mass is 9.65. The Balaban J connectivity index is 1.39. The third-order valence-corrected chi connectivity index (χ3v) is 10.8. The molecule has 0 fully saturated rings. The summed E-state index contributed by atoms with van der Waals surface area (Å²) in [4.78, 5) is 0. The molecule has 2 heteroatoms. The van der Waals surface area contributed by atoms with Crippen molar-refractivity contribution in [1.82, 2.24) is 4.57 Å². The van der Waals surface area contributed by atoms with Crippen molar-refractivity contribution >= 4 is 53.3 Å². The van der Waals surface area contributed by atoms with Gasteiger partial charge in [0.25, 0.3) is 0 Å². The van der Waals surface area contributed by atoms with Crippen molar-refractivity contribution in [2.45, 2.75) is 11.8 Å². The lowest BCUT2D eigenvalue weighted by Crippen LogP contribution is -2.32. The van der Waals surface area contributed by atoms with E-state index < -0.39 is 5.41 Å². The molecule has 0 aliphatic heterocycles. The number of para-hydroxylation sites is 2. The monoisotopic (exact) mass is 605 g/mol. The number of fused-ring (bicyclic) bond motifs is 6. The zero-order valence-electron chi connectivity index (χ0n) is 25.3. The third kappa shape index (κ3) is 4.14. The molecule has 1 atom stereocenters. The summed E-state index contributed by atoms with van der Waals surface area (Å²) >= 11 is 1.92. The SMILES string of the molecule is c1ccc(CC(c2ccccc2)(c2cccc(-n3c4ccccc4c4ccccc43)c2)c2cccc3c2sc2ccccc23)cc1. The fourth-order valence-electron chi connectivity index (χ4n) is 7.60. The molecule has 2 aromatic heterocycles. The Morgan fingerprint density at radius 3 is 1.76 bits per heavy atom. The first-order valence-corrected chi connectivity index (χ1v) is 16.7. The van der Waals surface area contributed by atoms with Gasteiger partial charge in [-0.1, -0.05) is 146 Å². The highest BCUT2D eigenvalue weighted by molar-refractivity contribution is 7.26. The molecule has 2 heterocycles. The second kappa shape index (κ2) is 10.9. The molecule has 9 aromatic rings. The number of hydrogen-bond acceptors (Lipinski definition) is 1. The summed E-state index contributed by atoms with van der Waals surface area (Å²) in [5, 5.41) is 5.20. The van der Waals surface area contributed by atoms with Crippen LogP contribution in [0, 0.1) is 0 Å². The first-order chi connectivity index (χ1) is 22.8. The van der Waals surface area contributed by atoms with E-state index in [4.69, 9.17) is 0 Å². The van der Waals surface area contributed by atoms with Crippen molar-refractivity contribution in [1.29, 1.82) is 0 Å². The Bertz CT molecular complexity index is 2450. The predicted octanol–water partition coefficient (Wildman–Crippen LogP) is 11.7. The van der Waals surface area contributed by atoms with Crippen LogP contribution in [0.25, 0.3) is 47.7 Å². The molecule has 0 radical (unpaired) electrons. The number of rotatable bonds is 6. The van der Waals surface area contributed by atoms with Crippen molar-refractivity contribution in [2.75, 3.05) is 0 Å². The largest absolute Gasteiger partial charge is 0.309 e. The lowest BCUT2D eigenvalue weighted by Gasteiger charge is -2.37. The van der Waals surface area contributed by atoms with Crippen LogP contribution in [-0.2, 0) is 11.8 Å². The molecule has 0 bridgehead atoms. The summed E-state index contributed by atoms with van der Waals surface area (Å²) in [5.74, 6) is 0. The molecule has 0 saturated carbocycles. The van der Waals surface area contributed by atoms with Crippen LogP contribution < -0.4 is 0 Å². The molecule has 0 saturated heterocycles. The Labute approximate surface area is 272 Å². The Kier molecular flexibility index (Phi) is 6.36. The first-order valence-electron chi connectivity index (χ1n) is 15.9. The number of hydrogen-bond donors (Lipinski definition) is 0. The maximum Gasteiger partial charge on any atom is 0.0541 e. The molecule has 9 rings (SSSR count). The van der Waals surface area contributed by atoms with Crippen molar-refractivity contribution < 1.29 is 0 Å². The van der Waals surface area contributed by atoms with Crippen LogP contribution in [0.2, 0.25) is 0 Å². The van der Waals surface area contributed by atoms with Crippen molar-refractivity contribution in [3.63, 3.8) is 0 Å². The van der Waals surface area contributed by atoms with E-state index in [0.717, 1.165) is 6.42 Å². The van der Waals surface area contributed by atoms with Crippen molar-refractivity contribution in [2.24, 2.45) is 0 Å². The summed E-state index contributed by atoms with van der Waals surface area (Å²) in [6, 6.07) is 64.8. The molecule has 0 amide bonds.